The second kappa shape index (κ2) is 9.38. The number of rotatable bonds is 8. The van der Waals surface area contributed by atoms with Gasteiger partial charge in [-0.3, -0.25) is 4.79 Å². The molecule has 0 N–H and O–H groups in total. The van der Waals surface area contributed by atoms with Gasteiger partial charge in [-0.25, -0.2) is 5.87 Å². The highest BCUT2D eigenvalue weighted by molar-refractivity contribution is 7.92. The molecule has 0 spiro atoms. The van der Waals surface area contributed by atoms with Gasteiger partial charge >= 0.3 is 0 Å². The SMILES string of the molecule is C=CCOC1OC(C[S-](=C)=C=O)C(OC)C(OC)C1OC. The molecule has 5 atom stereocenters. The zero-order valence-corrected chi connectivity index (χ0v) is 13.5. The molecule has 1 aliphatic heterocycles. The molecule has 0 amide bonds. The Balaban J connectivity index is 2.99. The lowest BCUT2D eigenvalue weighted by Gasteiger charge is -2.45. The Morgan fingerprint density at radius 1 is 1.19 bits per heavy atom. The molecule has 1 fully saturated rings. The Hall–Kier alpha value is -0.660. The van der Waals surface area contributed by atoms with E-state index < -0.39 is 22.5 Å². The smallest absolute Gasteiger partial charge is 0.187 e. The predicted octanol–water partition coefficient (Wildman–Crippen LogP) is 0.0764. The average molecular weight is 319 g/mol. The second-order valence-electron chi connectivity index (χ2n) is 4.51. The maximum Gasteiger partial charge on any atom is 0.187 e. The van der Waals surface area contributed by atoms with Gasteiger partial charge in [0.25, 0.3) is 0 Å². The van der Waals surface area contributed by atoms with Gasteiger partial charge in [0.05, 0.1) is 12.7 Å². The Morgan fingerprint density at radius 2 is 1.81 bits per heavy atom. The standard InChI is InChI=1S/C14H23O6S/c1-6-7-19-14-13(18-4)12(17-3)11(16-2)10(20-14)8-21(5)9-15/h6,10-14H,1,5,7-8H2,2-4H3/q-1. The Bertz CT molecular complexity index is 427. The first-order chi connectivity index (χ1) is 10.1. The van der Waals surface area contributed by atoms with Crippen LogP contribution in [0.4, 0.5) is 0 Å². The molecule has 21 heavy (non-hydrogen) atoms. The number of methoxy groups -OCH3 is 3. The summed E-state index contributed by atoms with van der Waals surface area (Å²) in [5, 5.41) is 1.87. The minimum atomic E-state index is -0.780. The van der Waals surface area contributed by atoms with Crippen LogP contribution in [0.1, 0.15) is 0 Å². The molecule has 0 saturated carbocycles. The highest BCUT2D eigenvalue weighted by Crippen LogP contribution is 2.28. The van der Waals surface area contributed by atoms with Crippen molar-refractivity contribution in [3.8, 4) is 0 Å². The third-order valence-corrected chi connectivity index (χ3v) is 4.24. The fraction of sp³-hybridized carbons (Fsp3) is 0.714. The van der Waals surface area contributed by atoms with E-state index in [4.69, 9.17) is 23.7 Å². The molecule has 0 bridgehead atoms. The van der Waals surface area contributed by atoms with Crippen LogP contribution < -0.4 is 0 Å². The van der Waals surface area contributed by atoms with Crippen molar-refractivity contribution in [2.24, 2.45) is 0 Å². The van der Waals surface area contributed by atoms with Gasteiger partial charge in [-0.2, -0.15) is 0 Å². The summed E-state index contributed by atoms with van der Waals surface area (Å²) in [4.78, 5) is 10.7. The molecule has 6 nitrogen and oxygen atoms in total. The van der Waals surface area contributed by atoms with Crippen LogP contribution >= 0.6 is 0 Å². The van der Waals surface area contributed by atoms with Gasteiger partial charge < -0.3 is 33.8 Å². The summed E-state index contributed by atoms with van der Waals surface area (Å²) < 4.78 is 27.9. The molecular formula is C14H23O6S-. The molecule has 0 aromatic heterocycles. The van der Waals surface area contributed by atoms with Gasteiger partial charge in [0.1, 0.15) is 18.3 Å². The van der Waals surface area contributed by atoms with Crippen LogP contribution in [0, 0.1) is 0 Å². The number of carbonyl (C=O) groups excluding carboxylic acids is 1. The van der Waals surface area contributed by atoms with Gasteiger partial charge in [-0.05, 0) is 5.23 Å². The second-order valence-corrected chi connectivity index (χ2v) is 5.99. The summed E-state index contributed by atoms with van der Waals surface area (Å²) in [6.07, 6.45) is -0.587. The molecule has 1 saturated heterocycles. The summed E-state index contributed by atoms with van der Waals surface area (Å²) in [6, 6.07) is 0. The van der Waals surface area contributed by atoms with Gasteiger partial charge in [0.15, 0.2) is 6.29 Å². The van der Waals surface area contributed by atoms with Crippen molar-refractivity contribution in [1.29, 1.82) is 0 Å². The van der Waals surface area contributed by atoms with Crippen LogP contribution in [-0.2, 0) is 38.6 Å². The maximum atomic E-state index is 10.7. The summed E-state index contributed by atoms with van der Waals surface area (Å²) in [5.41, 5.74) is 0. The lowest BCUT2D eigenvalue weighted by atomic mass is 9.99. The van der Waals surface area contributed by atoms with Crippen molar-refractivity contribution in [2.45, 2.75) is 30.7 Å². The quantitative estimate of drug-likeness (QED) is 0.359. The third-order valence-electron chi connectivity index (χ3n) is 3.27. The summed E-state index contributed by atoms with van der Waals surface area (Å²) in [7, 11) is 3.92. The third kappa shape index (κ3) is 4.66. The predicted molar refractivity (Wildman–Crippen MR) is 82.2 cm³/mol. The number of hydrogen-bond donors (Lipinski definition) is 0. The van der Waals surface area contributed by atoms with Crippen molar-refractivity contribution < 1.29 is 28.5 Å². The lowest BCUT2D eigenvalue weighted by molar-refractivity contribution is -0.301. The van der Waals surface area contributed by atoms with E-state index >= 15 is 0 Å². The van der Waals surface area contributed by atoms with Gasteiger partial charge in [0.2, 0.25) is 0 Å². The van der Waals surface area contributed by atoms with E-state index in [2.05, 4.69) is 12.4 Å². The van der Waals surface area contributed by atoms with Crippen LogP contribution in [0.3, 0.4) is 0 Å². The molecule has 7 heteroatoms. The van der Waals surface area contributed by atoms with Crippen molar-refractivity contribution in [2.75, 3.05) is 33.7 Å². The molecular weight excluding hydrogens is 296 g/mol. The first-order valence-corrected chi connectivity index (χ1v) is 8.03. The van der Waals surface area contributed by atoms with Gasteiger partial charge in [-0.1, -0.05) is 11.8 Å². The van der Waals surface area contributed by atoms with E-state index in [1.54, 1.807) is 27.4 Å². The topological polar surface area (TPSA) is 63.2 Å². The molecule has 0 aromatic carbocycles. The summed E-state index contributed by atoms with van der Waals surface area (Å²) in [6.45, 7) is 3.93. The average Bonchev–Trinajstić information content (AvgIpc) is 2.51. The van der Waals surface area contributed by atoms with Gasteiger partial charge in [0, 0.05) is 21.3 Å². The van der Waals surface area contributed by atoms with Gasteiger partial charge in [-0.15, -0.1) is 6.58 Å². The van der Waals surface area contributed by atoms with E-state index in [-0.39, 0.29) is 18.3 Å². The van der Waals surface area contributed by atoms with Crippen molar-refractivity contribution in [1.82, 2.24) is 0 Å². The monoisotopic (exact) mass is 319 g/mol. The maximum absolute atomic E-state index is 10.7. The zero-order chi connectivity index (χ0) is 15.8. The van der Waals surface area contributed by atoms with E-state index in [9.17, 15) is 4.79 Å². The van der Waals surface area contributed by atoms with Crippen LogP contribution in [-0.4, -0.2) is 75.5 Å². The van der Waals surface area contributed by atoms with E-state index in [1.807, 2.05) is 5.23 Å². The highest BCUT2D eigenvalue weighted by atomic mass is 32.2. The molecule has 1 aliphatic rings. The highest BCUT2D eigenvalue weighted by Gasteiger charge is 2.46. The molecule has 5 unspecified atom stereocenters. The van der Waals surface area contributed by atoms with E-state index in [0.29, 0.717) is 12.4 Å². The lowest BCUT2D eigenvalue weighted by Crippen LogP contribution is -2.61. The molecule has 122 valence electrons. The molecule has 1 rings (SSSR count). The normalized spacial score (nSPS) is 32.9. The zero-order valence-electron chi connectivity index (χ0n) is 12.7. The fourth-order valence-electron chi connectivity index (χ4n) is 2.34. The molecule has 0 radical (unpaired) electrons. The molecule has 1 heterocycles. The van der Waals surface area contributed by atoms with Crippen molar-refractivity contribution in [3.63, 3.8) is 0 Å². The summed E-state index contributed by atoms with van der Waals surface area (Å²) >= 11 is 0. The largest absolute Gasteiger partial charge is 0.392 e. The van der Waals surface area contributed by atoms with Crippen molar-refractivity contribution in [3.05, 3.63) is 12.7 Å². The van der Waals surface area contributed by atoms with Crippen LogP contribution in [0.2, 0.25) is 0 Å². The van der Waals surface area contributed by atoms with E-state index in [1.165, 1.54) is 0 Å². The number of ether oxygens (including phenoxy) is 5. The van der Waals surface area contributed by atoms with E-state index in [0.717, 1.165) is 0 Å². The fourth-order valence-corrected chi connectivity index (χ4v) is 3.08. The molecule has 0 aliphatic carbocycles. The van der Waals surface area contributed by atoms with Crippen LogP contribution in [0.5, 0.6) is 0 Å². The Labute approximate surface area is 127 Å². The minimum Gasteiger partial charge on any atom is -0.392 e. The van der Waals surface area contributed by atoms with Crippen LogP contribution in [0.15, 0.2) is 12.7 Å². The van der Waals surface area contributed by atoms with Crippen molar-refractivity contribution >= 4 is 21.2 Å². The molecule has 0 aromatic rings. The number of hydrogen-bond acceptors (Lipinski definition) is 7. The van der Waals surface area contributed by atoms with Crippen LogP contribution in [0.25, 0.3) is 0 Å². The first kappa shape index (κ1) is 18.4. The summed E-state index contributed by atoms with van der Waals surface area (Å²) in [5.74, 6) is 4.13. The first-order valence-electron chi connectivity index (χ1n) is 6.47. The Morgan fingerprint density at radius 3 is 2.29 bits per heavy atom. The minimum absolute atomic E-state index is 0.321. The Kier molecular flexibility index (Phi) is 8.21.